The van der Waals surface area contributed by atoms with E-state index in [4.69, 9.17) is 9.47 Å². The highest BCUT2D eigenvalue weighted by Gasteiger charge is 2.06. The number of nitrogens with one attached hydrogen (secondary N) is 1. The quantitative estimate of drug-likeness (QED) is 0.288. The van der Waals surface area contributed by atoms with Crippen LogP contribution in [0.5, 0.6) is 11.5 Å². The summed E-state index contributed by atoms with van der Waals surface area (Å²) in [6.07, 6.45) is 1.58. The zero-order chi connectivity index (χ0) is 22.1. The first-order chi connectivity index (χ1) is 15.0. The molecule has 3 rings (SSSR count). The van der Waals surface area contributed by atoms with Crippen LogP contribution in [0.4, 0.5) is 0 Å². The molecule has 0 aliphatic heterocycles. The van der Waals surface area contributed by atoms with E-state index in [0.29, 0.717) is 23.9 Å². The van der Waals surface area contributed by atoms with Crippen molar-refractivity contribution in [1.82, 2.24) is 5.43 Å². The van der Waals surface area contributed by atoms with Gasteiger partial charge in [-0.25, -0.2) is 5.43 Å². The molecule has 3 aromatic rings. The topological polar surface area (TPSA) is 59.9 Å². The summed E-state index contributed by atoms with van der Waals surface area (Å²) in [5, 5.41) is 4.04. The number of nitrogens with zero attached hydrogens (tertiary/aromatic N) is 1. The van der Waals surface area contributed by atoms with Crippen molar-refractivity contribution in [3.05, 3.63) is 89.0 Å². The molecule has 0 aromatic heterocycles. The minimum absolute atomic E-state index is 0.160. The van der Waals surface area contributed by atoms with Gasteiger partial charge in [0.05, 0.1) is 19.1 Å². The Balaban J connectivity index is 1.51. The normalized spacial score (nSPS) is 10.8. The second-order valence-electron chi connectivity index (χ2n) is 7.08. The van der Waals surface area contributed by atoms with Crippen molar-refractivity contribution in [3.8, 4) is 11.5 Å². The van der Waals surface area contributed by atoms with E-state index in [1.54, 1.807) is 13.3 Å². The Morgan fingerprint density at radius 2 is 1.65 bits per heavy atom. The SMILES string of the molecule is COc1cc(/C=N/NC(=O)CSc2ccc(C)cc2)ccc1OCc1ccc(C)cc1. The molecule has 0 saturated heterocycles. The van der Waals surface area contributed by atoms with Crippen molar-refractivity contribution < 1.29 is 14.3 Å². The van der Waals surface area contributed by atoms with Crippen LogP contribution >= 0.6 is 11.8 Å². The van der Waals surface area contributed by atoms with Gasteiger partial charge in [-0.3, -0.25) is 4.79 Å². The molecule has 0 fully saturated rings. The van der Waals surface area contributed by atoms with Crippen molar-refractivity contribution in [3.63, 3.8) is 0 Å². The van der Waals surface area contributed by atoms with Gasteiger partial charge in [0, 0.05) is 4.90 Å². The van der Waals surface area contributed by atoms with E-state index in [9.17, 15) is 4.79 Å². The van der Waals surface area contributed by atoms with Crippen molar-refractivity contribution in [2.45, 2.75) is 25.3 Å². The van der Waals surface area contributed by atoms with E-state index in [0.717, 1.165) is 16.0 Å². The van der Waals surface area contributed by atoms with Crippen LogP contribution in [0.3, 0.4) is 0 Å². The molecule has 5 nitrogen and oxygen atoms in total. The number of hydrogen-bond donors (Lipinski definition) is 1. The average molecular weight is 435 g/mol. The van der Waals surface area contributed by atoms with Crippen LogP contribution in [0.2, 0.25) is 0 Å². The minimum atomic E-state index is -0.160. The molecule has 0 bridgehead atoms. The van der Waals surface area contributed by atoms with Crippen LogP contribution < -0.4 is 14.9 Å². The second-order valence-corrected chi connectivity index (χ2v) is 8.13. The Morgan fingerprint density at radius 3 is 2.32 bits per heavy atom. The van der Waals surface area contributed by atoms with Crippen LogP contribution in [0.1, 0.15) is 22.3 Å². The third-order valence-corrected chi connectivity index (χ3v) is 5.51. The third-order valence-electron chi connectivity index (χ3n) is 4.50. The first kappa shape index (κ1) is 22.4. The molecule has 1 N–H and O–H groups in total. The van der Waals surface area contributed by atoms with Gasteiger partial charge in [-0.2, -0.15) is 5.10 Å². The summed E-state index contributed by atoms with van der Waals surface area (Å²) >= 11 is 1.47. The number of rotatable bonds is 9. The Kier molecular flexibility index (Phi) is 8.12. The molecule has 160 valence electrons. The van der Waals surface area contributed by atoms with E-state index < -0.39 is 0 Å². The lowest BCUT2D eigenvalue weighted by atomic mass is 10.2. The minimum Gasteiger partial charge on any atom is -0.493 e. The van der Waals surface area contributed by atoms with Gasteiger partial charge < -0.3 is 9.47 Å². The Labute approximate surface area is 187 Å². The van der Waals surface area contributed by atoms with Gasteiger partial charge in [0.2, 0.25) is 5.91 Å². The highest BCUT2D eigenvalue weighted by atomic mass is 32.2. The van der Waals surface area contributed by atoms with Crippen molar-refractivity contribution in [2.75, 3.05) is 12.9 Å². The number of aryl methyl sites for hydroxylation is 2. The number of carbonyl (C=O) groups is 1. The van der Waals surface area contributed by atoms with E-state index in [1.807, 2.05) is 61.5 Å². The summed E-state index contributed by atoms with van der Waals surface area (Å²) in [5.41, 5.74) is 6.85. The van der Waals surface area contributed by atoms with Gasteiger partial charge >= 0.3 is 0 Å². The maximum atomic E-state index is 12.0. The van der Waals surface area contributed by atoms with Crippen LogP contribution in [0, 0.1) is 13.8 Å². The first-order valence-electron chi connectivity index (χ1n) is 9.91. The molecule has 0 unspecified atom stereocenters. The molecule has 0 saturated carbocycles. The molecule has 0 aliphatic rings. The van der Waals surface area contributed by atoms with Crippen molar-refractivity contribution in [2.24, 2.45) is 5.10 Å². The highest BCUT2D eigenvalue weighted by molar-refractivity contribution is 8.00. The summed E-state index contributed by atoms with van der Waals surface area (Å²) in [4.78, 5) is 13.1. The van der Waals surface area contributed by atoms with Gasteiger partial charge in [-0.05, 0) is 55.3 Å². The summed E-state index contributed by atoms with van der Waals surface area (Å²) in [5.74, 6) is 1.40. The lowest BCUT2D eigenvalue weighted by Crippen LogP contribution is -2.19. The molecule has 6 heteroatoms. The number of thioether (sulfide) groups is 1. The summed E-state index contributed by atoms with van der Waals surface area (Å²) in [6, 6.07) is 21.8. The second kappa shape index (κ2) is 11.2. The number of hydrogen-bond acceptors (Lipinski definition) is 5. The molecular weight excluding hydrogens is 408 g/mol. The van der Waals surface area contributed by atoms with Crippen LogP contribution in [-0.4, -0.2) is 25.0 Å². The number of benzene rings is 3. The maximum Gasteiger partial charge on any atom is 0.250 e. The predicted molar refractivity (Wildman–Crippen MR) is 126 cm³/mol. The van der Waals surface area contributed by atoms with Gasteiger partial charge in [0.15, 0.2) is 11.5 Å². The zero-order valence-corrected chi connectivity index (χ0v) is 18.7. The number of ether oxygens (including phenoxy) is 2. The van der Waals surface area contributed by atoms with E-state index >= 15 is 0 Å². The van der Waals surface area contributed by atoms with E-state index in [2.05, 4.69) is 29.6 Å². The molecule has 0 heterocycles. The van der Waals surface area contributed by atoms with Crippen LogP contribution in [0.25, 0.3) is 0 Å². The van der Waals surface area contributed by atoms with E-state index in [-0.39, 0.29) is 5.91 Å². The smallest absolute Gasteiger partial charge is 0.250 e. The molecule has 0 radical (unpaired) electrons. The van der Waals surface area contributed by atoms with Crippen LogP contribution in [-0.2, 0) is 11.4 Å². The zero-order valence-electron chi connectivity index (χ0n) is 17.9. The highest BCUT2D eigenvalue weighted by Crippen LogP contribution is 2.28. The monoisotopic (exact) mass is 434 g/mol. The van der Waals surface area contributed by atoms with Gasteiger partial charge in [0.25, 0.3) is 0 Å². The Morgan fingerprint density at radius 1 is 0.968 bits per heavy atom. The first-order valence-corrected chi connectivity index (χ1v) is 10.9. The molecule has 0 aliphatic carbocycles. The third kappa shape index (κ3) is 7.19. The van der Waals surface area contributed by atoms with Gasteiger partial charge in [-0.1, -0.05) is 47.5 Å². The van der Waals surface area contributed by atoms with Gasteiger partial charge in [-0.15, -0.1) is 11.8 Å². The van der Waals surface area contributed by atoms with Crippen molar-refractivity contribution in [1.29, 1.82) is 0 Å². The Bertz CT molecular complexity index is 1030. The maximum absolute atomic E-state index is 12.0. The molecular formula is C25H26N2O3S. The van der Waals surface area contributed by atoms with Crippen molar-refractivity contribution >= 4 is 23.9 Å². The molecule has 0 atom stereocenters. The Hall–Kier alpha value is -3.25. The fourth-order valence-electron chi connectivity index (χ4n) is 2.72. The predicted octanol–water partition coefficient (Wildman–Crippen LogP) is 5.13. The number of amides is 1. The fourth-order valence-corrected chi connectivity index (χ4v) is 3.41. The molecule has 0 spiro atoms. The summed E-state index contributed by atoms with van der Waals surface area (Å²) < 4.78 is 11.3. The van der Waals surface area contributed by atoms with Crippen LogP contribution in [0.15, 0.2) is 76.7 Å². The number of methoxy groups -OCH3 is 1. The fraction of sp³-hybridized carbons (Fsp3) is 0.200. The largest absolute Gasteiger partial charge is 0.493 e. The summed E-state index contributed by atoms with van der Waals surface area (Å²) in [7, 11) is 1.60. The molecule has 1 amide bonds. The number of carbonyl (C=O) groups excluding carboxylic acids is 1. The lowest BCUT2D eigenvalue weighted by molar-refractivity contribution is -0.118. The molecule has 3 aromatic carbocycles. The van der Waals surface area contributed by atoms with E-state index in [1.165, 1.54) is 22.9 Å². The molecule has 31 heavy (non-hydrogen) atoms. The standard InChI is InChI=1S/C25H26N2O3S/c1-18-4-8-20(9-5-18)16-30-23-13-10-21(14-24(23)29-3)15-26-27-25(28)17-31-22-11-6-19(2)7-12-22/h4-15H,16-17H2,1-3H3,(H,27,28)/b26-15+. The number of hydrazone groups is 1. The summed E-state index contributed by atoms with van der Waals surface area (Å²) in [6.45, 7) is 4.55. The lowest BCUT2D eigenvalue weighted by Gasteiger charge is -2.11. The average Bonchev–Trinajstić information content (AvgIpc) is 2.78. The van der Waals surface area contributed by atoms with Gasteiger partial charge in [0.1, 0.15) is 6.61 Å².